The van der Waals surface area contributed by atoms with Gasteiger partial charge in [0.1, 0.15) is 5.67 Å². The quantitative estimate of drug-likeness (QED) is 0.619. The highest BCUT2D eigenvalue weighted by Gasteiger charge is 2.51. The number of hydrogen-bond acceptors (Lipinski definition) is 2. The molecule has 1 heterocycles. The lowest BCUT2D eigenvalue weighted by molar-refractivity contribution is 0.0337. The fourth-order valence-electron chi connectivity index (χ4n) is 1.86. The SMILES string of the molecule is NCC(F)(C1CC1)C1CNC1. The summed E-state index contributed by atoms with van der Waals surface area (Å²) in [5, 5.41) is 3.09. The molecule has 0 radical (unpaired) electrons. The minimum Gasteiger partial charge on any atom is -0.328 e. The van der Waals surface area contributed by atoms with E-state index in [4.69, 9.17) is 5.73 Å². The second kappa shape index (κ2) is 2.42. The van der Waals surface area contributed by atoms with Crippen LogP contribution in [0.15, 0.2) is 0 Å². The Kier molecular flexibility index (Phi) is 1.65. The zero-order chi connectivity index (χ0) is 7.90. The van der Waals surface area contributed by atoms with Gasteiger partial charge in [-0.25, -0.2) is 4.39 Å². The monoisotopic (exact) mass is 158 g/mol. The fraction of sp³-hybridized carbons (Fsp3) is 1.00. The summed E-state index contributed by atoms with van der Waals surface area (Å²) < 4.78 is 14.0. The van der Waals surface area contributed by atoms with Gasteiger partial charge in [0, 0.05) is 25.6 Å². The van der Waals surface area contributed by atoms with E-state index < -0.39 is 5.67 Å². The molecule has 3 N–H and O–H groups in total. The van der Waals surface area contributed by atoms with E-state index >= 15 is 0 Å². The molecule has 0 amide bonds. The summed E-state index contributed by atoms with van der Waals surface area (Å²) >= 11 is 0. The molecular formula is C8H15FN2. The number of nitrogens with one attached hydrogen (secondary N) is 1. The maximum atomic E-state index is 14.0. The molecule has 2 rings (SSSR count). The molecule has 0 aromatic carbocycles. The summed E-state index contributed by atoms with van der Waals surface area (Å²) in [6.07, 6.45) is 2.09. The van der Waals surface area contributed by atoms with Crippen LogP contribution in [-0.2, 0) is 0 Å². The van der Waals surface area contributed by atoms with Gasteiger partial charge < -0.3 is 11.1 Å². The van der Waals surface area contributed by atoms with Crippen LogP contribution in [0.3, 0.4) is 0 Å². The van der Waals surface area contributed by atoms with Crippen molar-refractivity contribution in [1.82, 2.24) is 5.32 Å². The van der Waals surface area contributed by atoms with Gasteiger partial charge >= 0.3 is 0 Å². The van der Waals surface area contributed by atoms with E-state index in [1.54, 1.807) is 0 Å². The molecule has 1 unspecified atom stereocenters. The summed E-state index contributed by atoms with van der Waals surface area (Å²) in [4.78, 5) is 0. The van der Waals surface area contributed by atoms with Gasteiger partial charge in [0.05, 0.1) is 0 Å². The van der Waals surface area contributed by atoms with E-state index in [1.807, 2.05) is 0 Å². The molecule has 0 bridgehead atoms. The lowest BCUT2D eigenvalue weighted by atomic mass is 9.81. The smallest absolute Gasteiger partial charge is 0.131 e. The van der Waals surface area contributed by atoms with Gasteiger partial charge in [-0.1, -0.05) is 0 Å². The molecule has 2 aliphatic rings. The Morgan fingerprint density at radius 2 is 2.00 bits per heavy atom. The molecule has 3 heteroatoms. The van der Waals surface area contributed by atoms with Crippen LogP contribution in [0.2, 0.25) is 0 Å². The minimum absolute atomic E-state index is 0.194. The van der Waals surface area contributed by atoms with Crippen molar-refractivity contribution >= 4 is 0 Å². The van der Waals surface area contributed by atoms with Gasteiger partial charge in [0.25, 0.3) is 0 Å². The van der Waals surface area contributed by atoms with Crippen molar-refractivity contribution < 1.29 is 4.39 Å². The molecule has 2 nitrogen and oxygen atoms in total. The third-order valence-electron chi connectivity index (χ3n) is 3.03. The third kappa shape index (κ3) is 1.07. The molecule has 1 atom stereocenters. The van der Waals surface area contributed by atoms with E-state index in [1.165, 1.54) is 0 Å². The second-order valence-corrected chi connectivity index (χ2v) is 3.76. The van der Waals surface area contributed by atoms with Crippen LogP contribution in [0.1, 0.15) is 12.8 Å². The summed E-state index contributed by atoms with van der Waals surface area (Å²) in [6.45, 7) is 1.86. The fourth-order valence-corrected chi connectivity index (χ4v) is 1.86. The maximum Gasteiger partial charge on any atom is 0.131 e. The van der Waals surface area contributed by atoms with Crippen LogP contribution in [0, 0.1) is 11.8 Å². The molecule has 0 aromatic rings. The Bertz CT molecular complexity index is 154. The first kappa shape index (κ1) is 7.50. The van der Waals surface area contributed by atoms with Crippen molar-refractivity contribution in [1.29, 1.82) is 0 Å². The topological polar surface area (TPSA) is 38.0 Å². The van der Waals surface area contributed by atoms with E-state index in [2.05, 4.69) is 5.32 Å². The van der Waals surface area contributed by atoms with Crippen molar-refractivity contribution in [3.05, 3.63) is 0 Å². The highest BCUT2D eigenvalue weighted by molar-refractivity contribution is 5.04. The predicted octanol–water partition coefficient (Wildman–Crippen LogP) is 0.283. The van der Waals surface area contributed by atoms with Crippen molar-refractivity contribution in [3.63, 3.8) is 0 Å². The zero-order valence-corrected chi connectivity index (χ0v) is 6.65. The molecule has 0 aromatic heterocycles. The number of hydrogen-bond donors (Lipinski definition) is 2. The van der Waals surface area contributed by atoms with Crippen molar-refractivity contribution in [3.8, 4) is 0 Å². The van der Waals surface area contributed by atoms with Gasteiger partial charge in [-0.05, 0) is 18.8 Å². The molecule has 1 saturated carbocycles. The molecular weight excluding hydrogens is 143 g/mol. The number of nitrogens with two attached hydrogens (primary N) is 1. The summed E-state index contributed by atoms with van der Waals surface area (Å²) in [6, 6.07) is 0. The number of rotatable bonds is 3. The minimum atomic E-state index is -1.04. The van der Waals surface area contributed by atoms with Crippen molar-refractivity contribution in [2.24, 2.45) is 17.6 Å². The van der Waals surface area contributed by atoms with Gasteiger partial charge in [-0.3, -0.25) is 0 Å². The Morgan fingerprint density at radius 3 is 2.27 bits per heavy atom. The average Bonchev–Trinajstić information content (AvgIpc) is 2.63. The van der Waals surface area contributed by atoms with Gasteiger partial charge in [-0.2, -0.15) is 0 Å². The molecule has 11 heavy (non-hydrogen) atoms. The highest BCUT2D eigenvalue weighted by atomic mass is 19.1. The van der Waals surface area contributed by atoms with Crippen LogP contribution in [-0.4, -0.2) is 25.3 Å². The maximum absolute atomic E-state index is 14.0. The van der Waals surface area contributed by atoms with Crippen molar-refractivity contribution in [2.75, 3.05) is 19.6 Å². The molecule has 0 spiro atoms. The third-order valence-corrected chi connectivity index (χ3v) is 3.03. The first-order valence-corrected chi connectivity index (χ1v) is 4.37. The van der Waals surface area contributed by atoms with Crippen LogP contribution in [0.4, 0.5) is 4.39 Å². The highest BCUT2D eigenvalue weighted by Crippen LogP contribution is 2.46. The Balaban J connectivity index is 2.01. The lowest BCUT2D eigenvalue weighted by Crippen LogP contribution is -2.57. The summed E-state index contributed by atoms with van der Waals surface area (Å²) in [5.74, 6) is 0.472. The van der Waals surface area contributed by atoms with Crippen LogP contribution in [0.25, 0.3) is 0 Å². The van der Waals surface area contributed by atoms with Crippen molar-refractivity contribution in [2.45, 2.75) is 18.5 Å². The Hall–Kier alpha value is -0.150. The average molecular weight is 158 g/mol. The van der Waals surface area contributed by atoms with Gasteiger partial charge in [-0.15, -0.1) is 0 Å². The predicted molar refractivity (Wildman–Crippen MR) is 42.0 cm³/mol. The first-order valence-electron chi connectivity index (χ1n) is 4.37. The summed E-state index contributed by atoms with van der Waals surface area (Å²) in [7, 11) is 0. The molecule has 1 saturated heterocycles. The van der Waals surface area contributed by atoms with Gasteiger partial charge in [0.15, 0.2) is 0 Å². The van der Waals surface area contributed by atoms with E-state index in [0.717, 1.165) is 25.9 Å². The standard InChI is InChI=1S/C8H15FN2/c9-8(5-10,6-1-2-6)7-3-11-4-7/h6-7,11H,1-5,10H2. The normalized spacial score (nSPS) is 31.1. The molecule has 1 aliphatic carbocycles. The van der Waals surface area contributed by atoms with Gasteiger partial charge in [0.2, 0.25) is 0 Å². The Labute approximate surface area is 66.3 Å². The van der Waals surface area contributed by atoms with Crippen LogP contribution >= 0.6 is 0 Å². The largest absolute Gasteiger partial charge is 0.328 e. The number of alkyl halides is 1. The second-order valence-electron chi connectivity index (χ2n) is 3.76. The van der Waals surface area contributed by atoms with E-state index in [0.29, 0.717) is 0 Å². The first-order chi connectivity index (χ1) is 5.27. The zero-order valence-electron chi connectivity index (χ0n) is 6.65. The lowest BCUT2D eigenvalue weighted by Gasteiger charge is -2.39. The molecule has 2 fully saturated rings. The summed E-state index contributed by atoms with van der Waals surface area (Å²) in [5.41, 5.74) is 4.42. The van der Waals surface area contributed by atoms with E-state index in [-0.39, 0.29) is 18.4 Å². The number of halogens is 1. The van der Waals surface area contributed by atoms with Crippen LogP contribution in [0.5, 0.6) is 0 Å². The van der Waals surface area contributed by atoms with Crippen LogP contribution < -0.4 is 11.1 Å². The molecule has 64 valence electrons. The Morgan fingerprint density at radius 1 is 1.36 bits per heavy atom. The molecule has 1 aliphatic heterocycles. The van der Waals surface area contributed by atoms with E-state index in [9.17, 15) is 4.39 Å².